The van der Waals surface area contributed by atoms with Crippen LogP contribution in [0.4, 0.5) is 10.2 Å². The summed E-state index contributed by atoms with van der Waals surface area (Å²) >= 11 is 0. The number of nitrogens with zero attached hydrogens (tertiary/aromatic N) is 4. The van der Waals surface area contributed by atoms with Crippen LogP contribution in [0.2, 0.25) is 0 Å². The summed E-state index contributed by atoms with van der Waals surface area (Å²) in [4.78, 5) is 12.9. The van der Waals surface area contributed by atoms with E-state index in [1.165, 1.54) is 6.07 Å². The average Bonchev–Trinajstić information content (AvgIpc) is 3.00. The lowest BCUT2D eigenvalue weighted by molar-refractivity contribution is 0.403. The van der Waals surface area contributed by atoms with Crippen LogP contribution in [-0.4, -0.2) is 68.7 Å². The molecule has 1 aromatic heterocycles. The number of hydrogen-bond acceptors (Lipinski definition) is 4. The molecule has 6 nitrogen and oxygen atoms in total. The summed E-state index contributed by atoms with van der Waals surface area (Å²) in [6, 6.07) is 3.33. The van der Waals surface area contributed by atoms with Crippen molar-refractivity contribution in [3.63, 3.8) is 0 Å². The van der Waals surface area contributed by atoms with Gasteiger partial charge in [0.15, 0.2) is 17.6 Å². The molecule has 1 fully saturated rings. The van der Waals surface area contributed by atoms with Crippen molar-refractivity contribution >= 4 is 35.8 Å². The SMILES string of the molecule is CCNC(=NCCCN(C)C)NC1CCN(c2ncccc2F)C1.I. The molecule has 0 bridgehead atoms. The monoisotopic (exact) mass is 464 g/mol. The molecule has 0 aromatic carbocycles. The second kappa shape index (κ2) is 11.5. The minimum atomic E-state index is -0.262. The number of hydrogen-bond donors (Lipinski definition) is 2. The van der Waals surface area contributed by atoms with E-state index in [0.29, 0.717) is 5.82 Å². The van der Waals surface area contributed by atoms with Gasteiger partial charge < -0.3 is 20.4 Å². The van der Waals surface area contributed by atoms with E-state index in [1.807, 2.05) is 4.90 Å². The maximum atomic E-state index is 13.9. The standard InChI is InChI=1S/C17H29FN6.HI/c1-4-19-17(21-10-6-11-23(2)3)22-14-8-12-24(13-14)16-15(18)7-5-9-20-16;/h5,7,9,14H,4,6,8,10-13H2,1-3H3,(H2,19,21,22);1H. The number of guanidine groups is 1. The van der Waals surface area contributed by atoms with Gasteiger partial charge in [0.2, 0.25) is 0 Å². The van der Waals surface area contributed by atoms with Crippen LogP contribution in [-0.2, 0) is 0 Å². The highest BCUT2D eigenvalue weighted by molar-refractivity contribution is 14.0. The Labute approximate surface area is 167 Å². The molecule has 1 aromatic rings. The maximum Gasteiger partial charge on any atom is 0.191 e. The van der Waals surface area contributed by atoms with Gasteiger partial charge in [-0.3, -0.25) is 4.99 Å². The molecule has 1 aliphatic rings. The summed E-state index contributed by atoms with van der Waals surface area (Å²) in [6.07, 6.45) is 3.60. The van der Waals surface area contributed by atoms with Crippen LogP contribution in [0.3, 0.4) is 0 Å². The Kier molecular flexibility index (Phi) is 10.0. The van der Waals surface area contributed by atoms with E-state index in [1.54, 1.807) is 12.3 Å². The molecule has 0 radical (unpaired) electrons. The first-order valence-electron chi connectivity index (χ1n) is 8.65. The zero-order valence-electron chi connectivity index (χ0n) is 15.3. The van der Waals surface area contributed by atoms with E-state index in [4.69, 9.17) is 0 Å². The first-order valence-corrected chi connectivity index (χ1v) is 8.65. The maximum absolute atomic E-state index is 13.9. The highest BCUT2D eigenvalue weighted by Gasteiger charge is 2.25. The number of anilines is 1. The van der Waals surface area contributed by atoms with Crippen LogP contribution in [0.25, 0.3) is 0 Å². The summed E-state index contributed by atoms with van der Waals surface area (Å²) in [6.45, 7) is 6.23. The molecule has 2 heterocycles. The van der Waals surface area contributed by atoms with Gasteiger partial charge in [-0.25, -0.2) is 9.37 Å². The number of nitrogens with one attached hydrogen (secondary N) is 2. The van der Waals surface area contributed by atoms with Gasteiger partial charge in [-0.2, -0.15) is 0 Å². The summed E-state index contributed by atoms with van der Waals surface area (Å²) < 4.78 is 13.9. The Morgan fingerprint density at radius 1 is 1.48 bits per heavy atom. The van der Waals surface area contributed by atoms with E-state index < -0.39 is 0 Å². The van der Waals surface area contributed by atoms with E-state index >= 15 is 0 Å². The molecule has 1 aliphatic heterocycles. The third-order valence-corrected chi connectivity index (χ3v) is 3.95. The molecule has 8 heteroatoms. The Hall–Kier alpha value is -1.16. The van der Waals surface area contributed by atoms with Gasteiger partial charge in [-0.05, 0) is 52.5 Å². The summed E-state index contributed by atoms with van der Waals surface area (Å²) in [5.74, 6) is 1.02. The van der Waals surface area contributed by atoms with Crippen molar-refractivity contribution < 1.29 is 4.39 Å². The second-order valence-electron chi connectivity index (χ2n) is 6.30. The van der Waals surface area contributed by atoms with Crippen molar-refractivity contribution in [3.05, 3.63) is 24.1 Å². The van der Waals surface area contributed by atoms with Crippen molar-refractivity contribution in [2.24, 2.45) is 4.99 Å². The van der Waals surface area contributed by atoms with Crippen LogP contribution in [0.1, 0.15) is 19.8 Å². The minimum Gasteiger partial charge on any atom is -0.357 e. The molecule has 0 spiro atoms. The molecular weight excluding hydrogens is 434 g/mol. The molecule has 142 valence electrons. The summed E-state index contributed by atoms with van der Waals surface area (Å²) in [5.41, 5.74) is 0. The lowest BCUT2D eigenvalue weighted by atomic mass is 10.3. The number of aromatic nitrogens is 1. The third-order valence-electron chi connectivity index (χ3n) is 3.95. The van der Waals surface area contributed by atoms with Crippen molar-refractivity contribution in [3.8, 4) is 0 Å². The Morgan fingerprint density at radius 3 is 2.96 bits per heavy atom. The highest BCUT2D eigenvalue weighted by atomic mass is 127. The highest BCUT2D eigenvalue weighted by Crippen LogP contribution is 2.20. The van der Waals surface area contributed by atoms with E-state index in [2.05, 4.69) is 46.5 Å². The predicted octanol–water partition coefficient (Wildman–Crippen LogP) is 1.92. The average molecular weight is 464 g/mol. The Morgan fingerprint density at radius 2 is 2.28 bits per heavy atom. The first kappa shape index (κ1) is 21.9. The fraction of sp³-hybridized carbons (Fsp3) is 0.647. The molecule has 0 aliphatic carbocycles. The van der Waals surface area contributed by atoms with E-state index in [-0.39, 0.29) is 35.8 Å². The predicted molar refractivity (Wildman–Crippen MR) is 113 cm³/mol. The zero-order valence-corrected chi connectivity index (χ0v) is 17.7. The number of halogens is 2. The molecular formula is C17H30FIN6. The van der Waals surface area contributed by atoms with Gasteiger partial charge in [-0.1, -0.05) is 0 Å². The molecule has 0 amide bonds. The topological polar surface area (TPSA) is 55.8 Å². The fourth-order valence-electron chi connectivity index (χ4n) is 2.77. The second-order valence-corrected chi connectivity index (χ2v) is 6.30. The largest absolute Gasteiger partial charge is 0.357 e. The van der Waals surface area contributed by atoms with Crippen LogP contribution >= 0.6 is 24.0 Å². The normalized spacial score (nSPS) is 17.6. The number of rotatable bonds is 7. The molecule has 25 heavy (non-hydrogen) atoms. The van der Waals surface area contributed by atoms with Crippen LogP contribution in [0.15, 0.2) is 23.3 Å². The Bertz CT molecular complexity index is 540. The molecule has 1 atom stereocenters. The van der Waals surface area contributed by atoms with Gasteiger partial charge in [0.25, 0.3) is 0 Å². The van der Waals surface area contributed by atoms with Crippen molar-refractivity contribution in [2.75, 3.05) is 51.7 Å². The zero-order chi connectivity index (χ0) is 17.4. The molecule has 0 saturated carbocycles. The molecule has 2 rings (SSSR count). The van der Waals surface area contributed by atoms with E-state index in [9.17, 15) is 4.39 Å². The summed E-state index contributed by atoms with van der Waals surface area (Å²) in [7, 11) is 4.13. The van der Waals surface area contributed by atoms with Crippen LogP contribution in [0, 0.1) is 5.82 Å². The van der Waals surface area contributed by atoms with Gasteiger partial charge >= 0.3 is 0 Å². The molecule has 2 N–H and O–H groups in total. The van der Waals surface area contributed by atoms with E-state index in [0.717, 1.165) is 51.5 Å². The molecule has 1 unspecified atom stereocenters. The lowest BCUT2D eigenvalue weighted by Gasteiger charge is -2.20. The first-order chi connectivity index (χ1) is 11.6. The molecule has 1 saturated heterocycles. The summed E-state index contributed by atoms with van der Waals surface area (Å²) in [5, 5.41) is 6.74. The number of pyridine rings is 1. The lowest BCUT2D eigenvalue weighted by Crippen LogP contribution is -2.44. The Balaban J connectivity index is 0.00000312. The van der Waals surface area contributed by atoms with Gasteiger partial charge in [0, 0.05) is 38.4 Å². The van der Waals surface area contributed by atoms with Crippen molar-refractivity contribution in [2.45, 2.75) is 25.8 Å². The van der Waals surface area contributed by atoms with Gasteiger partial charge in [0.05, 0.1) is 0 Å². The van der Waals surface area contributed by atoms with Crippen molar-refractivity contribution in [1.29, 1.82) is 0 Å². The van der Waals surface area contributed by atoms with Gasteiger partial charge in [0.1, 0.15) is 0 Å². The fourth-order valence-corrected chi connectivity index (χ4v) is 2.77. The quantitative estimate of drug-likeness (QED) is 0.280. The van der Waals surface area contributed by atoms with Crippen LogP contribution < -0.4 is 15.5 Å². The van der Waals surface area contributed by atoms with Crippen molar-refractivity contribution in [1.82, 2.24) is 20.5 Å². The smallest absolute Gasteiger partial charge is 0.191 e. The number of aliphatic imine (C=N–C) groups is 1. The van der Waals surface area contributed by atoms with Gasteiger partial charge in [-0.15, -0.1) is 24.0 Å². The van der Waals surface area contributed by atoms with Crippen LogP contribution in [0.5, 0.6) is 0 Å². The minimum absolute atomic E-state index is 0. The third kappa shape index (κ3) is 7.31.